The highest BCUT2D eigenvalue weighted by molar-refractivity contribution is 9.10. The summed E-state index contributed by atoms with van der Waals surface area (Å²) in [7, 11) is 0. The summed E-state index contributed by atoms with van der Waals surface area (Å²) in [5, 5.41) is 16.3. The van der Waals surface area contributed by atoms with Crippen LogP contribution in [0.2, 0.25) is 0 Å². The summed E-state index contributed by atoms with van der Waals surface area (Å²) >= 11 is 7.14. The molecular formula is C20H22Br2N2O2. The molecule has 0 saturated carbocycles. The summed E-state index contributed by atoms with van der Waals surface area (Å²) in [6, 6.07) is 12.6. The average Bonchev–Trinajstić information content (AvgIpc) is 3.22. The van der Waals surface area contributed by atoms with Crippen LogP contribution in [0.15, 0.2) is 45.3 Å². The van der Waals surface area contributed by atoms with Gasteiger partial charge < -0.3 is 19.7 Å². The average molecular weight is 482 g/mol. The molecule has 2 atom stereocenters. The Hall–Kier alpha value is -0.920. The molecule has 0 aliphatic carbocycles. The van der Waals surface area contributed by atoms with E-state index in [0.29, 0.717) is 19.2 Å². The fourth-order valence-corrected chi connectivity index (χ4v) is 4.46. The highest BCUT2D eigenvalue weighted by Gasteiger charge is 2.17. The van der Waals surface area contributed by atoms with Crippen LogP contribution in [-0.4, -0.2) is 41.6 Å². The molecule has 2 heterocycles. The molecule has 6 heteroatoms. The molecule has 3 aromatic rings. The number of ether oxygens (including phenoxy) is 1. The maximum atomic E-state index is 10.6. The number of hydrogen-bond donors (Lipinski definition) is 2. The maximum absolute atomic E-state index is 10.6. The predicted octanol–water partition coefficient (Wildman–Crippen LogP) is 4.45. The van der Waals surface area contributed by atoms with Crippen LogP contribution in [0.5, 0.6) is 0 Å². The van der Waals surface area contributed by atoms with E-state index < -0.39 is 6.10 Å². The van der Waals surface area contributed by atoms with Crippen molar-refractivity contribution in [2.45, 2.75) is 31.6 Å². The minimum Gasteiger partial charge on any atom is -0.390 e. The molecule has 2 N–H and O–H groups in total. The standard InChI is InChI=1S/C20H22Br2N2O2/c21-13-3-5-19-17(8-13)18-9-14(22)4-6-20(18)24(19)12-15(25)10-23-11-16-2-1-7-26-16/h3-6,8-9,15-16,23,25H,1-2,7,10-12H2/t15-,16-/m1/s1. The second-order valence-corrected chi connectivity index (χ2v) is 8.71. The van der Waals surface area contributed by atoms with E-state index in [1.54, 1.807) is 0 Å². The minimum absolute atomic E-state index is 0.296. The van der Waals surface area contributed by atoms with Crippen molar-refractivity contribution in [2.75, 3.05) is 19.7 Å². The zero-order valence-corrected chi connectivity index (χ0v) is 17.6. The van der Waals surface area contributed by atoms with Gasteiger partial charge in [-0.25, -0.2) is 0 Å². The van der Waals surface area contributed by atoms with E-state index >= 15 is 0 Å². The number of aliphatic hydroxyl groups excluding tert-OH is 1. The summed E-state index contributed by atoms with van der Waals surface area (Å²) in [5.41, 5.74) is 2.28. The first-order valence-electron chi connectivity index (χ1n) is 8.99. The molecule has 0 spiro atoms. The summed E-state index contributed by atoms with van der Waals surface area (Å²) < 4.78 is 9.95. The molecule has 1 aromatic heterocycles. The Bertz CT molecular complexity index is 860. The number of rotatable bonds is 6. The van der Waals surface area contributed by atoms with Crippen LogP contribution in [0, 0.1) is 0 Å². The van der Waals surface area contributed by atoms with Crippen molar-refractivity contribution in [1.29, 1.82) is 0 Å². The number of nitrogens with one attached hydrogen (secondary N) is 1. The molecule has 0 unspecified atom stereocenters. The molecule has 0 bridgehead atoms. The second kappa shape index (κ2) is 7.98. The lowest BCUT2D eigenvalue weighted by atomic mass is 10.2. The Morgan fingerprint density at radius 3 is 2.35 bits per heavy atom. The van der Waals surface area contributed by atoms with Gasteiger partial charge >= 0.3 is 0 Å². The number of halogens is 2. The Kier molecular flexibility index (Phi) is 5.66. The zero-order valence-electron chi connectivity index (χ0n) is 14.4. The summed E-state index contributed by atoms with van der Waals surface area (Å²) in [4.78, 5) is 0. The van der Waals surface area contributed by atoms with E-state index in [4.69, 9.17) is 4.74 Å². The lowest BCUT2D eigenvalue weighted by molar-refractivity contribution is 0.101. The van der Waals surface area contributed by atoms with Crippen LogP contribution in [0.3, 0.4) is 0 Å². The number of fused-ring (bicyclic) bond motifs is 3. The number of hydrogen-bond acceptors (Lipinski definition) is 3. The van der Waals surface area contributed by atoms with Crippen molar-refractivity contribution < 1.29 is 9.84 Å². The Balaban J connectivity index is 1.56. The molecule has 1 aliphatic heterocycles. The van der Waals surface area contributed by atoms with Gasteiger partial charge in [0.1, 0.15) is 0 Å². The van der Waals surface area contributed by atoms with Crippen molar-refractivity contribution in [3.63, 3.8) is 0 Å². The van der Waals surface area contributed by atoms with Gasteiger partial charge in [-0.2, -0.15) is 0 Å². The largest absolute Gasteiger partial charge is 0.390 e. The van der Waals surface area contributed by atoms with Gasteiger partial charge in [-0.05, 0) is 49.2 Å². The topological polar surface area (TPSA) is 46.4 Å². The number of aromatic nitrogens is 1. The maximum Gasteiger partial charge on any atom is 0.0843 e. The first-order valence-corrected chi connectivity index (χ1v) is 10.6. The third-order valence-electron chi connectivity index (χ3n) is 4.96. The fourth-order valence-electron chi connectivity index (χ4n) is 3.74. The van der Waals surface area contributed by atoms with Gasteiger partial charge in [0, 0.05) is 50.4 Å². The lowest BCUT2D eigenvalue weighted by Crippen LogP contribution is -2.34. The Labute approximate surface area is 169 Å². The van der Waals surface area contributed by atoms with E-state index in [-0.39, 0.29) is 0 Å². The van der Waals surface area contributed by atoms with Gasteiger partial charge in [-0.3, -0.25) is 0 Å². The minimum atomic E-state index is -0.456. The number of nitrogens with zero attached hydrogens (tertiary/aromatic N) is 1. The fraction of sp³-hybridized carbons (Fsp3) is 0.400. The van der Waals surface area contributed by atoms with Gasteiger partial charge in [0.15, 0.2) is 0 Å². The number of aliphatic hydroxyl groups is 1. The molecule has 138 valence electrons. The van der Waals surface area contributed by atoms with Crippen molar-refractivity contribution in [2.24, 2.45) is 0 Å². The summed E-state index contributed by atoms with van der Waals surface area (Å²) in [6.45, 7) is 2.79. The normalized spacial score (nSPS) is 18.8. The zero-order chi connectivity index (χ0) is 18.1. The van der Waals surface area contributed by atoms with Gasteiger partial charge in [0.2, 0.25) is 0 Å². The van der Waals surface area contributed by atoms with Crippen LogP contribution < -0.4 is 5.32 Å². The van der Waals surface area contributed by atoms with Gasteiger partial charge in [-0.1, -0.05) is 31.9 Å². The molecule has 0 radical (unpaired) electrons. The molecule has 4 nitrogen and oxygen atoms in total. The van der Waals surface area contributed by atoms with E-state index in [1.165, 1.54) is 10.8 Å². The van der Waals surface area contributed by atoms with Crippen molar-refractivity contribution in [3.8, 4) is 0 Å². The third-order valence-corrected chi connectivity index (χ3v) is 5.94. The summed E-state index contributed by atoms with van der Waals surface area (Å²) in [5.74, 6) is 0. The van der Waals surface area contributed by atoms with Crippen LogP contribution in [-0.2, 0) is 11.3 Å². The van der Waals surface area contributed by atoms with E-state index in [9.17, 15) is 5.11 Å². The van der Waals surface area contributed by atoms with Gasteiger partial charge in [0.05, 0.1) is 18.8 Å². The van der Waals surface area contributed by atoms with Crippen molar-refractivity contribution in [3.05, 3.63) is 45.3 Å². The highest BCUT2D eigenvalue weighted by atomic mass is 79.9. The second-order valence-electron chi connectivity index (χ2n) is 6.88. The van der Waals surface area contributed by atoms with Crippen molar-refractivity contribution >= 4 is 53.7 Å². The molecule has 4 rings (SSSR count). The van der Waals surface area contributed by atoms with Gasteiger partial charge in [-0.15, -0.1) is 0 Å². The SMILES string of the molecule is O[C@H](CNC[C@H]1CCCO1)Cn1c2ccc(Br)cc2c2cc(Br)ccc21. The quantitative estimate of drug-likeness (QED) is 0.546. The molecular weight excluding hydrogens is 460 g/mol. The van der Waals surface area contributed by atoms with Crippen LogP contribution in [0.1, 0.15) is 12.8 Å². The molecule has 1 aliphatic rings. The lowest BCUT2D eigenvalue weighted by Gasteiger charge is -2.16. The highest BCUT2D eigenvalue weighted by Crippen LogP contribution is 2.33. The molecule has 2 aromatic carbocycles. The Morgan fingerprint density at radius 1 is 1.12 bits per heavy atom. The molecule has 1 fully saturated rings. The van der Waals surface area contributed by atoms with Crippen molar-refractivity contribution in [1.82, 2.24) is 9.88 Å². The van der Waals surface area contributed by atoms with Crippen LogP contribution in [0.25, 0.3) is 21.8 Å². The monoisotopic (exact) mass is 480 g/mol. The van der Waals surface area contributed by atoms with Gasteiger partial charge in [0.25, 0.3) is 0 Å². The first-order chi connectivity index (χ1) is 12.6. The van der Waals surface area contributed by atoms with Crippen LogP contribution in [0.4, 0.5) is 0 Å². The molecule has 0 amide bonds. The molecule has 26 heavy (non-hydrogen) atoms. The van der Waals surface area contributed by atoms with E-state index in [2.05, 4.69) is 78.1 Å². The van der Waals surface area contributed by atoms with Crippen LogP contribution >= 0.6 is 31.9 Å². The third kappa shape index (κ3) is 3.85. The predicted molar refractivity (Wildman–Crippen MR) is 113 cm³/mol. The first kappa shape index (κ1) is 18.4. The Morgan fingerprint density at radius 2 is 1.77 bits per heavy atom. The smallest absolute Gasteiger partial charge is 0.0843 e. The van der Waals surface area contributed by atoms with E-state index in [0.717, 1.165) is 46.0 Å². The molecule has 1 saturated heterocycles. The number of benzene rings is 2. The summed E-state index contributed by atoms with van der Waals surface area (Å²) in [6.07, 6.45) is 2.09. The van der Waals surface area contributed by atoms with E-state index in [1.807, 2.05) is 0 Å².